The summed E-state index contributed by atoms with van der Waals surface area (Å²) >= 11 is 5.82. The van der Waals surface area contributed by atoms with Crippen molar-refractivity contribution in [2.75, 3.05) is 0 Å². The molecule has 0 bridgehead atoms. The minimum absolute atomic E-state index is 0.121. The second kappa shape index (κ2) is 4.42. The number of rotatable bonds is 2. The number of hydrogen-bond acceptors (Lipinski definition) is 1. The summed E-state index contributed by atoms with van der Waals surface area (Å²) < 4.78 is 15.4. The van der Waals surface area contributed by atoms with Crippen LogP contribution in [0.4, 0.5) is 4.39 Å². The summed E-state index contributed by atoms with van der Waals surface area (Å²) in [6.07, 6.45) is 1.76. The lowest BCUT2D eigenvalue weighted by molar-refractivity contribution is 0.614. The van der Waals surface area contributed by atoms with Gasteiger partial charge in [0.15, 0.2) is 0 Å². The maximum atomic E-state index is 13.7. The highest BCUT2D eigenvalue weighted by atomic mass is 35.5. The van der Waals surface area contributed by atoms with E-state index in [1.165, 1.54) is 6.07 Å². The quantitative estimate of drug-likeness (QED) is 0.639. The zero-order valence-electron chi connectivity index (χ0n) is 9.48. The molecule has 0 N–H and O–H groups in total. The second-order valence-electron chi connectivity index (χ2n) is 3.99. The molecule has 0 aliphatic rings. The van der Waals surface area contributed by atoms with Crippen LogP contribution in [0.5, 0.6) is 0 Å². The molecule has 0 amide bonds. The van der Waals surface area contributed by atoms with Gasteiger partial charge in [-0.05, 0) is 18.2 Å². The maximum Gasteiger partial charge on any atom is 0.129 e. The Morgan fingerprint density at radius 1 is 1.11 bits per heavy atom. The molecule has 0 aliphatic heterocycles. The second-order valence-corrected chi connectivity index (χ2v) is 4.25. The lowest BCUT2D eigenvalue weighted by Gasteiger charge is -2.09. The van der Waals surface area contributed by atoms with E-state index in [1.807, 2.05) is 30.3 Å². The molecule has 0 radical (unpaired) electrons. The van der Waals surface area contributed by atoms with Crippen LogP contribution in [-0.2, 0) is 5.88 Å². The Bertz CT molecular complexity index is 706. The Kier molecular flexibility index (Phi) is 2.76. The fourth-order valence-corrected chi connectivity index (χ4v) is 2.31. The molecule has 0 saturated carbocycles. The van der Waals surface area contributed by atoms with Gasteiger partial charge in [0.25, 0.3) is 0 Å². The third-order valence-electron chi connectivity index (χ3n) is 2.93. The van der Waals surface area contributed by atoms with Gasteiger partial charge in [0, 0.05) is 10.9 Å². The number of benzene rings is 2. The standard InChI is InChI=1S/C14H10ClFN2/c15-8-11-12(16)5-3-7-14(11)18-13-6-2-1-4-10(13)9-17-18/h1-7,9H,8H2. The Balaban J connectivity index is 2.30. The summed E-state index contributed by atoms with van der Waals surface area (Å²) in [5.41, 5.74) is 2.09. The monoisotopic (exact) mass is 260 g/mol. The van der Waals surface area contributed by atoms with Crippen molar-refractivity contribution in [3.8, 4) is 5.69 Å². The molecule has 0 aliphatic carbocycles. The number of para-hydroxylation sites is 1. The molecule has 3 rings (SSSR count). The summed E-state index contributed by atoms with van der Waals surface area (Å²) in [4.78, 5) is 0. The highest BCUT2D eigenvalue weighted by molar-refractivity contribution is 6.17. The predicted molar refractivity (Wildman–Crippen MR) is 70.6 cm³/mol. The lowest BCUT2D eigenvalue weighted by atomic mass is 10.2. The molecule has 0 saturated heterocycles. The molecule has 4 heteroatoms. The van der Waals surface area contributed by atoms with Gasteiger partial charge in [-0.2, -0.15) is 5.10 Å². The number of fused-ring (bicyclic) bond motifs is 1. The SMILES string of the molecule is Fc1cccc(-n2ncc3ccccc32)c1CCl. The third kappa shape index (κ3) is 1.68. The highest BCUT2D eigenvalue weighted by Gasteiger charge is 2.11. The summed E-state index contributed by atoms with van der Waals surface area (Å²) in [7, 11) is 0. The average Bonchev–Trinajstić information content (AvgIpc) is 2.82. The van der Waals surface area contributed by atoms with Crippen molar-refractivity contribution in [2.45, 2.75) is 5.88 Å². The maximum absolute atomic E-state index is 13.7. The van der Waals surface area contributed by atoms with Crippen molar-refractivity contribution in [1.29, 1.82) is 0 Å². The Morgan fingerprint density at radius 3 is 2.78 bits per heavy atom. The third-order valence-corrected chi connectivity index (χ3v) is 3.20. The zero-order valence-corrected chi connectivity index (χ0v) is 10.2. The van der Waals surface area contributed by atoms with Crippen molar-refractivity contribution < 1.29 is 4.39 Å². The van der Waals surface area contributed by atoms with Crippen molar-refractivity contribution in [3.05, 3.63) is 60.0 Å². The first-order chi connectivity index (χ1) is 8.81. The molecular weight excluding hydrogens is 251 g/mol. The number of alkyl halides is 1. The largest absolute Gasteiger partial charge is 0.233 e. The van der Waals surface area contributed by atoms with Gasteiger partial charge < -0.3 is 0 Å². The lowest BCUT2D eigenvalue weighted by Crippen LogP contribution is -2.02. The van der Waals surface area contributed by atoms with E-state index >= 15 is 0 Å². The molecule has 18 heavy (non-hydrogen) atoms. The van der Waals surface area contributed by atoms with Crippen LogP contribution in [0.1, 0.15) is 5.56 Å². The van der Waals surface area contributed by atoms with E-state index in [0.29, 0.717) is 11.3 Å². The van der Waals surface area contributed by atoms with Crippen LogP contribution in [-0.4, -0.2) is 9.78 Å². The molecule has 3 aromatic rings. The number of halogens is 2. The average molecular weight is 261 g/mol. The van der Waals surface area contributed by atoms with Gasteiger partial charge in [0.2, 0.25) is 0 Å². The zero-order chi connectivity index (χ0) is 12.5. The molecule has 0 atom stereocenters. The van der Waals surface area contributed by atoms with Crippen LogP contribution >= 0.6 is 11.6 Å². The van der Waals surface area contributed by atoms with Gasteiger partial charge in [-0.15, -0.1) is 11.6 Å². The normalized spacial score (nSPS) is 11.0. The van der Waals surface area contributed by atoms with Gasteiger partial charge in [-0.25, -0.2) is 9.07 Å². The molecule has 0 fully saturated rings. The van der Waals surface area contributed by atoms with E-state index in [-0.39, 0.29) is 11.7 Å². The fraction of sp³-hybridized carbons (Fsp3) is 0.0714. The summed E-state index contributed by atoms with van der Waals surface area (Å²) in [6, 6.07) is 12.7. The van der Waals surface area contributed by atoms with Gasteiger partial charge in [-0.3, -0.25) is 0 Å². The van der Waals surface area contributed by atoms with E-state index in [0.717, 1.165) is 10.9 Å². The van der Waals surface area contributed by atoms with Gasteiger partial charge >= 0.3 is 0 Å². The molecule has 1 heterocycles. The van der Waals surface area contributed by atoms with E-state index in [1.54, 1.807) is 16.9 Å². The predicted octanol–water partition coefficient (Wildman–Crippen LogP) is 3.90. The highest BCUT2D eigenvalue weighted by Crippen LogP contribution is 2.23. The van der Waals surface area contributed by atoms with Crippen molar-refractivity contribution >= 4 is 22.5 Å². The van der Waals surface area contributed by atoms with Crippen molar-refractivity contribution in [2.24, 2.45) is 0 Å². The molecule has 0 unspecified atom stereocenters. The van der Waals surface area contributed by atoms with Crippen LogP contribution in [0.3, 0.4) is 0 Å². The number of nitrogens with zero attached hydrogens (tertiary/aromatic N) is 2. The van der Waals surface area contributed by atoms with Crippen LogP contribution in [0.2, 0.25) is 0 Å². The van der Waals surface area contributed by atoms with Crippen LogP contribution in [0, 0.1) is 5.82 Å². The first-order valence-electron chi connectivity index (χ1n) is 5.58. The van der Waals surface area contributed by atoms with E-state index in [4.69, 9.17) is 11.6 Å². The fourth-order valence-electron chi connectivity index (χ4n) is 2.04. The Hall–Kier alpha value is -1.87. The van der Waals surface area contributed by atoms with Crippen LogP contribution in [0.15, 0.2) is 48.7 Å². The smallest absolute Gasteiger partial charge is 0.129 e. The Morgan fingerprint density at radius 2 is 1.94 bits per heavy atom. The molecule has 0 spiro atoms. The Labute approximate surface area is 109 Å². The molecule has 1 aromatic heterocycles. The molecular formula is C14H10ClFN2. The van der Waals surface area contributed by atoms with Crippen LogP contribution in [0.25, 0.3) is 16.6 Å². The topological polar surface area (TPSA) is 17.8 Å². The summed E-state index contributed by atoms with van der Waals surface area (Å²) in [6.45, 7) is 0. The van der Waals surface area contributed by atoms with E-state index < -0.39 is 0 Å². The van der Waals surface area contributed by atoms with Gasteiger partial charge in [-0.1, -0.05) is 24.3 Å². The van der Waals surface area contributed by atoms with E-state index in [2.05, 4.69) is 5.10 Å². The van der Waals surface area contributed by atoms with Crippen LogP contribution < -0.4 is 0 Å². The molecule has 90 valence electrons. The minimum atomic E-state index is -0.304. The summed E-state index contributed by atoms with van der Waals surface area (Å²) in [5.74, 6) is -0.182. The minimum Gasteiger partial charge on any atom is -0.233 e. The number of hydrogen-bond donors (Lipinski definition) is 0. The molecule has 2 aromatic carbocycles. The summed E-state index contributed by atoms with van der Waals surface area (Å²) in [5, 5.41) is 5.32. The van der Waals surface area contributed by atoms with Crippen molar-refractivity contribution in [1.82, 2.24) is 9.78 Å². The first-order valence-corrected chi connectivity index (χ1v) is 6.11. The van der Waals surface area contributed by atoms with Gasteiger partial charge in [0.05, 0.1) is 23.3 Å². The van der Waals surface area contributed by atoms with E-state index in [9.17, 15) is 4.39 Å². The number of aromatic nitrogens is 2. The molecule has 2 nitrogen and oxygen atoms in total. The van der Waals surface area contributed by atoms with Gasteiger partial charge in [0.1, 0.15) is 5.82 Å². The first kappa shape index (κ1) is 11.2. The van der Waals surface area contributed by atoms with Crippen molar-refractivity contribution in [3.63, 3.8) is 0 Å².